The number of anilines is 1. The second-order valence-electron chi connectivity index (χ2n) is 5.52. The highest BCUT2D eigenvalue weighted by molar-refractivity contribution is 5.88. The molecule has 7 heteroatoms. The Labute approximate surface area is 138 Å². The van der Waals surface area contributed by atoms with Crippen molar-refractivity contribution in [2.75, 3.05) is 5.32 Å². The number of nitrogens with one attached hydrogen (secondary N) is 1. The maximum atomic E-state index is 12.4. The lowest BCUT2D eigenvalue weighted by Gasteiger charge is -2.11. The molecule has 0 saturated heterocycles. The second-order valence-corrected chi connectivity index (χ2v) is 5.52. The number of rotatable bonds is 3. The first kappa shape index (κ1) is 15.5. The van der Waals surface area contributed by atoms with Gasteiger partial charge >= 0.3 is 6.03 Å². The second kappa shape index (κ2) is 6.04. The molecule has 3 aromatic rings. The number of pyridine rings is 1. The molecule has 0 atom stereocenters. The fourth-order valence-electron chi connectivity index (χ4n) is 2.57. The van der Waals surface area contributed by atoms with Gasteiger partial charge in [0.05, 0.1) is 11.9 Å². The molecular weight excluding hydrogens is 306 g/mol. The summed E-state index contributed by atoms with van der Waals surface area (Å²) in [4.78, 5) is 23.4. The number of aromatic nitrogens is 3. The van der Waals surface area contributed by atoms with E-state index >= 15 is 0 Å². The van der Waals surface area contributed by atoms with Gasteiger partial charge in [0.15, 0.2) is 0 Å². The summed E-state index contributed by atoms with van der Waals surface area (Å²) in [6.45, 7) is 1.89. The van der Waals surface area contributed by atoms with E-state index in [0.29, 0.717) is 11.4 Å². The van der Waals surface area contributed by atoms with E-state index in [1.54, 1.807) is 47.4 Å². The third-order valence-electron chi connectivity index (χ3n) is 3.67. The van der Waals surface area contributed by atoms with Crippen molar-refractivity contribution < 1.29 is 4.79 Å². The van der Waals surface area contributed by atoms with E-state index in [9.17, 15) is 9.59 Å². The molecule has 3 N–H and O–H groups in total. The molecule has 0 spiro atoms. The molecule has 0 radical (unpaired) electrons. The number of carbonyl (C=O) groups is 1. The minimum absolute atomic E-state index is 0.156. The summed E-state index contributed by atoms with van der Waals surface area (Å²) in [5, 5.41) is 6.68. The minimum Gasteiger partial charge on any atom is -0.351 e. The lowest BCUT2D eigenvalue weighted by molar-refractivity contribution is 0.259. The number of amides is 2. The molecule has 24 heavy (non-hydrogen) atoms. The lowest BCUT2D eigenvalue weighted by Crippen LogP contribution is -2.20. The predicted octanol–water partition coefficient (Wildman–Crippen LogP) is 2.04. The molecule has 0 aliphatic carbocycles. The van der Waals surface area contributed by atoms with Crippen molar-refractivity contribution in [2.45, 2.75) is 6.92 Å². The van der Waals surface area contributed by atoms with Gasteiger partial charge in [0.25, 0.3) is 5.56 Å². The van der Waals surface area contributed by atoms with Crippen molar-refractivity contribution in [3.8, 4) is 16.8 Å². The van der Waals surface area contributed by atoms with Crippen LogP contribution in [-0.4, -0.2) is 20.4 Å². The van der Waals surface area contributed by atoms with Crippen molar-refractivity contribution >= 4 is 11.7 Å². The number of urea groups is 1. The molecule has 2 heterocycles. The average Bonchev–Trinajstić information content (AvgIpc) is 2.93. The Hall–Kier alpha value is -3.35. The van der Waals surface area contributed by atoms with Crippen molar-refractivity contribution in [3.05, 3.63) is 64.8 Å². The fourth-order valence-corrected chi connectivity index (χ4v) is 2.57. The van der Waals surface area contributed by atoms with E-state index in [4.69, 9.17) is 5.73 Å². The average molecular weight is 323 g/mol. The summed E-state index contributed by atoms with van der Waals surface area (Å²) in [6.07, 6.45) is 5.42. The van der Waals surface area contributed by atoms with Gasteiger partial charge in [0.1, 0.15) is 0 Å². The van der Waals surface area contributed by atoms with Crippen LogP contribution in [0.15, 0.2) is 53.7 Å². The SMILES string of the molecule is Cc1cc(=O)n(-c2cccc(NC(N)=O)c2)cc1-c1cnn(C)c1. The molecule has 2 aromatic heterocycles. The van der Waals surface area contributed by atoms with Crippen LogP contribution in [0, 0.1) is 6.92 Å². The van der Waals surface area contributed by atoms with Crippen LogP contribution >= 0.6 is 0 Å². The number of benzene rings is 1. The highest BCUT2D eigenvalue weighted by atomic mass is 16.2. The smallest absolute Gasteiger partial charge is 0.316 e. The monoisotopic (exact) mass is 323 g/mol. The minimum atomic E-state index is -0.653. The summed E-state index contributed by atoms with van der Waals surface area (Å²) in [5.74, 6) is 0. The maximum Gasteiger partial charge on any atom is 0.316 e. The molecule has 0 aliphatic rings. The summed E-state index contributed by atoms with van der Waals surface area (Å²) in [7, 11) is 1.84. The van der Waals surface area contributed by atoms with Gasteiger partial charge in [0.2, 0.25) is 0 Å². The van der Waals surface area contributed by atoms with Crippen molar-refractivity contribution in [2.24, 2.45) is 12.8 Å². The van der Waals surface area contributed by atoms with Gasteiger partial charge in [-0.1, -0.05) is 6.07 Å². The van der Waals surface area contributed by atoms with Crippen molar-refractivity contribution in [3.63, 3.8) is 0 Å². The van der Waals surface area contributed by atoms with Crippen LogP contribution in [0.5, 0.6) is 0 Å². The Morgan fingerprint density at radius 2 is 2.04 bits per heavy atom. The largest absolute Gasteiger partial charge is 0.351 e. The maximum absolute atomic E-state index is 12.4. The quantitative estimate of drug-likeness (QED) is 0.772. The first-order chi connectivity index (χ1) is 11.4. The highest BCUT2D eigenvalue weighted by Gasteiger charge is 2.09. The van der Waals surface area contributed by atoms with Gasteiger partial charge in [0, 0.05) is 42.3 Å². The number of primary amides is 1. The highest BCUT2D eigenvalue weighted by Crippen LogP contribution is 2.23. The van der Waals surface area contributed by atoms with Crippen molar-refractivity contribution in [1.29, 1.82) is 0 Å². The Bertz CT molecular complexity index is 971. The third kappa shape index (κ3) is 3.05. The molecule has 1 aromatic carbocycles. The normalized spacial score (nSPS) is 10.6. The Morgan fingerprint density at radius 3 is 2.71 bits per heavy atom. The van der Waals surface area contributed by atoms with E-state index < -0.39 is 6.03 Å². The number of carbonyl (C=O) groups excluding carboxylic acids is 1. The van der Waals surface area contributed by atoms with Gasteiger partial charge in [-0.2, -0.15) is 5.10 Å². The first-order valence-corrected chi connectivity index (χ1v) is 7.33. The number of nitrogens with two attached hydrogens (primary N) is 1. The van der Waals surface area contributed by atoms with E-state index in [1.165, 1.54) is 4.57 Å². The molecular formula is C17H17N5O2. The van der Waals surface area contributed by atoms with E-state index in [0.717, 1.165) is 16.7 Å². The molecule has 0 saturated carbocycles. The summed E-state index contributed by atoms with van der Waals surface area (Å²) in [5.41, 5.74) is 8.85. The molecule has 122 valence electrons. The van der Waals surface area contributed by atoms with Crippen LogP contribution in [0.2, 0.25) is 0 Å². The topological polar surface area (TPSA) is 94.9 Å². The van der Waals surface area contributed by atoms with Gasteiger partial charge in [-0.05, 0) is 30.7 Å². The molecule has 0 aliphatic heterocycles. The fraction of sp³-hybridized carbons (Fsp3) is 0.118. The van der Waals surface area contributed by atoms with Crippen LogP contribution in [0.1, 0.15) is 5.56 Å². The molecule has 0 bridgehead atoms. The number of hydrogen-bond donors (Lipinski definition) is 2. The third-order valence-corrected chi connectivity index (χ3v) is 3.67. The number of nitrogens with zero attached hydrogens (tertiary/aromatic N) is 3. The standard InChI is InChI=1S/C17H17N5O2/c1-11-6-16(23)22(10-15(11)12-8-19-21(2)9-12)14-5-3-4-13(7-14)20-17(18)24/h3-10H,1-2H3,(H3,18,20,24). The van der Waals surface area contributed by atoms with Crippen molar-refractivity contribution in [1.82, 2.24) is 14.3 Å². The van der Waals surface area contributed by atoms with Gasteiger partial charge in [-0.25, -0.2) is 4.79 Å². The van der Waals surface area contributed by atoms with E-state index in [1.807, 2.05) is 20.2 Å². The summed E-state index contributed by atoms with van der Waals surface area (Å²) in [6, 6.07) is 7.85. The van der Waals surface area contributed by atoms with Crippen LogP contribution in [0.4, 0.5) is 10.5 Å². The lowest BCUT2D eigenvalue weighted by atomic mass is 10.1. The Balaban J connectivity index is 2.11. The Morgan fingerprint density at radius 1 is 1.25 bits per heavy atom. The van der Waals surface area contributed by atoms with Crippen LogP contribution in [0.3, 0.4) is 0 Å². The molecule has 0 fully saturated rings. The predicted molar refractivity (Wildman–Crippen MR) is 92.2 cm³/mol. The van der Waals surface area contributed by atoms with Gasteiger partial charge in [-0.15, -0.1) is 0 Å². The van der Waals surface area contributed by atoms with Crippen LogP contribution < -0.4 is 16.6 Å². The first-order valence-electron chi connectivity index (χ1n) is 7.33. The molecule has 2 amide bonds. The zero-order valence-electron chi connectivity index (χ0n) is 13.4. The van der Waals surface area contributed by atoms with E-state index in [-0.39, 0.29) is 5.56 Å². The number of aryl methyl sites for hydroxylation is 2. The Kier molecular flexibility index (Phi) is 3.91. The van der Waals surface area contributed by atoms with Gasteiger partial charge < -0.3 is 11.1 Å². The van der Waals surface area contributed by atoms with Crippen LogP contribution in [-0.2, 0) is 7.05 Å². The number of hydrogen-bond acceptors (Lipinski definition) is 3. The zero-order chi connectivity index (χ0) is 17.3. The molecule has 3 rings (SSSR count). The molecule has 7 nitrogen and oxygen atoms in total. The van der Waals surface area contributed by atoms with E-state index in [2.05, 4.69) is 10.4 Å². The van der Waals surface area contributed by atoms with Gasteiger partial charge in [-0.3, -0.25) is 14.0 Å². The van der Waals surface area contributed by atoms with Crippen LogP contribution in [0.25, 0.3) is 16.8 Å². The zero-order valence-corrected chi connectivity index (χ0v) is 13.4. The summed E-state index contributed by atoms with van der Waals surface area (Å²) >= 11 is 0. The molecule has 0 unspecified atom stereocenters. The summed E-state index contributed by atoms with van der Waals surface area (Å²) < 4.78 is 3.24.